The highest BCUT2D eigenvalue weighted by Gasteiger charge is 2.28. The van der Waals surface area contributed by atoms with Crippen LogP contribution in [0.1, 0.15) is 31.1 Å². The van der Waals surface area contributed by atoms with Gasteiger partial charge in [0.2, 0.25) is 0 Å². The van der Waals surface area contributed by atoms with E-state index in [0.29, 0.717) is 6.04 Å². The number of aryl methyl sites for hydroxylation is 1. The van der Waals surface area contributed by atoms with Crippen molar-refractivity contribution in [3.8, 4) is 0 Å². The van der Waals surface area contributed by atoms with Crippen LogP contribution in [0.15, 0.2) is 18.2 Å². The predicted molar refractivity (Wildman–Crippen MR) is 70.2 cm³/mol. The lowest BCUT2D eigenvalue weighted by Crippen LogP contribution is -2.10. The zero-order valence-corrected chi connectivity index (χ0v) is 10.6. The maximum Gasteiger partial charge on any atom is 0.125 e. The molecule has 0 atom stereocenters. The Morgan fingerprint density at radius 1 is 1.44 bits per heavy atom. The maximum atomic E-state index is 13.4. The largest absolute Gasteiger partial charge is 0.325 e. The molecule has 0 saturated heterocycles. The summed E-state index contributed by atoms with van der Waals surface area (Å²) in [6, 6.07) is 5.43. The van der Waals surface area contributed by atoms with E-state index < -0.39 is 0 Å². The van der Waals surface area contributed by atoms with Crippen molar-refractivity contribution in [2.75, 3.05) is 13.6 Å². The van der Waals surface area contributed by atoms with Crippen LogP contribution in [0.25, 0.3) is 11.0 Å². The molecule has 1 heterocycles. The van der Waals surface area contributed by atoms with Gasteiger partial charge in [-0.25, -0.2) is 9.37 Å². The fraction of sp³-hybridized carbons (Fsp3) is 0.500. The molecule has 0 amide bonds. The Hall–Kier alpha value is -1.42. The van der Waals surface area contributed by atoms with E-state index in [1.165, 1.54) is 18.9 Å². The van der Waals surface area contributed by atoms with E-state index in [1.54, 1.807) is 12.1 Å². The van der Waals surface area contributed by atoms with Gasteiger partial charge in [-0.05, 0) is 51.1 Å². The smallest absolute Gasteiger partial charge is 0.125 e. The van der Waals surface area contributed by atoms with E-state index >= 15 is 0 Å². The summed E-state index contributed by atoms with van der Waals surface area (Å²) in [6.45, 7) is 0.988. The van der Waals surface area contributed by atoms with E-state index in [-0.39, 0.29) is 5.82 Å². The van der Waals surface area contributed by atoms with Crippen LogP contribution in [0.3, 0.4) is 0 Å². The molecule has 0 aliphatic heterocycles. The van der Waals surface area contributed by atoms with Crippen molar-refractivity contribution in [3.05, 3.63) is 29.8 Å². The number of fused-ring (bicyclic) bond motifs is 1. The maximum absolute atomic E-state index is 13.4. The number of hydrogen-bond acceptors (Lipinski definition) is 2. The van der Waals surface area contributed by atoms with Gasteiger partial charge >= 0.3 is 0 Å². The zero-order chi connectivity index (χ0) is 12.5. The number of imidazole rings is 1. The first-order valence-electron chi connectivity index (χ1n) is 6.60. The summed E-state index contributed by atoms with van der Waals surface area (Å²) in [7, 11) is 1.96. The number of hydrogen-bond donors (Lipinski definition) is 1. The molecule has 18 heavy (non-hydrogen) atoms. The highest BCUT2D eigenvalue weighted by Crippen LogP contribution is 2.39. The second-order valence-electron chi connectivity index (χ2n) is 4.97. The average molecular weight is 247 g/mol. The number of aromatic nitrogens is 2. The average Bonchev–Trinajstić information content (AvgIpc) is 3.12. The van der Waals surface area contributed by atoms with E-state index in [1.807, 2.05) is 7.05 Å². The molecule has 1 N–H and O–H groups in total. The molecule has 0 spiro atoms. The summed E-state index contributed by atoms with van der Waals surface area (Å²) in [5, 5.41) is 3.15. The molecule has 4 heteroatoms. The minimum absolute atomic E-state index is 0.175. The van der Waals surface area contributed by atoms with Crippen molar-refractivity contribution < 1.29 is 4.39 Å². The number of nitrogens with one attached hydrogen (secondary N) is 1. The molecule has 2 aromatic rings. The Bertz CT molecular complexity index is 557. The summed E-state index contributed by atoms with van der Waals surface area (Å²) >= 11 is 0. The van der Waals surface area contributed by atoms with Gasteiger partial charge in [-0.3, -0.25) is 0 Å². The first-order chi connectivity index (χ1) is 8.79. The molecule has 1 aromatic heterocycles. The predicted octanol–water partition coefficient (Wildman–Crippen LogP) is 2.66. The van der Waals surface area contributed by atoms with Gasteiger partial charge in [-0.2, -0.15) is 0 Å². The van der Waals surface area contributed by atoms with Crippen LogP contribution in [-0.2, 0) is 6.42 Å². The number of benzene rings is 1. The topological polar surface area (TPSA) is 29.9 Å². The molecule has 1 aromatic carbocycles. The lowest BCUT2D eigenvalue weighted by Gasteiger charge is -2.07. The van der Waals surface area contributed by atoms with Crippen molar-refractivity contribution in [2.45, 2.75) is 31.7 Å². The second kappa shape index (κ2) is 4.69. The van der Waals surface area contributed by atoms with Crippen molar-refractivity contribution in [1.29, 1.82) is 0 Å². The zero-order valence-electron chi connectivity index (χ0n) is 10.6. The summed E-state index contributed by atoms with van der Waals surface area (Å²) in [5.41, 5.74) is 1.87. The van der Waals surface area contributed by atoms with Crippen molar-refractivity contribution in [2.24, 2.45) is 0 Å². The molecule has 3 nitrogen and oxygen atoms in total. The summed E-state index contributed by atoms with van der Waals surface area (Å²) < 4.78 is 15.6. The van der Waals surface area contributed by atoms with Gasteiger partial charge in [0, 0.05) is 12.5 Å². The minimum Gasteiger partial charge on any atom is -0.325 e. The first-order valence-corrected chi connectivity index (χ1v) is 6.60. The van der Waals surface area contributed by atoms with Crippen LogP contribution in [-0.4, -0.2) is 23.1 Å². The molecular formula is C14H18FN3. The molecule has 1 fully saturated rings. The molecule has 1 aliphatic rings. The Morgan fingerprint density at radius 3 is 3.00 bits per heavy atom. The van der Waals surface area contributed by atoms with Gasteiger partial charge < -0.3 is 9.88 Å². The normalized spacial score (nSPS) is 15.4. The van der Waals surface area contributed by atoms with Gasteiger partial charge in [0.25, 0.3) is 0 Å². The van der Waals surface area contributed by atoms with Gasteiger partial charge in [0.15, 0.2) is 0 Å². The molecule has 0 bridgehead atoms. The van der Waals surface area contributed by atoms with Gasteiger partial charge in [-0.1, -0.05) is 0 Å². The van der Waals surface area contributed by atoms with Gasteiger partial charge in [0.05, 0.1) is 11.0 Å². The van der Waals surface area contributed by atoms with Crippen molar-refractivity contribution in [1.82, 2.24) is 14.9 Å². The van der Waals surface area contributed by atoms with Crippen LogP contribution in [0, 0.1) is 5.82 Å². The van der Waals surface area contributed by atoms with Crippen LogP contribution >= 0.6 is 0 Å². The summed E-state index contributed by atoms with van der Waals surface area (Å²) in [5.74, 6) is 0.930. The van der Waals surface area contributed by atoms with Crippen molar-refractivity contribution in [3.63, 3.8) is 0 Å². The van der Waals surface area contributed by atoms with E-state index in [9.17, 15) is 4.39 Å². The van der Waals surface area contributed by atoms with E-state index in [2.05, 4.69) is 14.9 Å². The van der Waals surface area contributed by atoms with Crippen LogP contribution in [0.2, 0.25) is 0 Å². The lowest BCUT2D eigenvalue weighted by atomic mass is 10.3. The second-order valence-corrected chi connectivity index (χ2v) is 4.97. The minimum atomic E-state index is -0.175. The van der Waals surface area contributed by atoms with Crippen LogP contribution < -0.4 is 5.32 Å². The summed E-state index contributed by atoms with van der Waals surface area (Å²) in [4.78, 5) is 4.66. The number of nitrogens with zero attached hydrogens (tertiary/aromatic N) is 2. The fourth-order valence-electron chi connectivity index (χ4n) is 2.46. The van der Waals surface area contributed by atoms with Gasteiger partial charge in [-0.15, -0.1) is 0 Å². The quantitative estimate of drug-likeness (QED) is 0.823. The number of halogens is 1. The molecule has 1 aliphatic carbocycles. The molecule has 1 saturated carbocycles. The molecule has 96 valence electrons. The third kappa shape index (κ3) is 2.12. The summed E-state index contributed by atoms with van der Waals surface area (Å²) in [6.07, 6.45) is 4.41. The third-order valence-electron chi connectivity index (χ3n) is 3.46. The Kier molecular flexibility index (Phi) is 3.04. The highest BCUT2D eigenvalue weighted by atomic mass is 19.1. The Morgan fingerprint density at radius 2 is 2.28 bits per heavy atom. The van der Waals surface area contributed by atoms with Crippen molar-refractivity contribution >= 4 is 11.0 Å². The fourth-order valence-corrected chi connectivity index (χ4v) is 2.46. The Balaban J connectivity index is 1.98. The number of rotatable bonds is 5. The van der Waals surface area contributed by atoms with E-state index in [4.69, 9.17) is 0 Å². The monoisotopic (exact) mass is 247 g/mol. The van der Waals surface area contributed by atoms with E-state index in [0.717, 1.165) is 36.2 Å². The van der Waals surface area contributed by atoms with Crippen LogP contribution in [0.5, 0.6) is 0 Å². The lowest BCUT2D eigenvalue weighted by molar-refractivity contribution is 0.625. The first kappa shape index (κ1) is 11.7. The van der Waals surface area contributed by atoms with Crippen LogP contribution in [0.4, 0.5) is 4.39 Å². The third-order valence-corrected chi connectivity index (χ3v) is 3.46. The Labute approximate surface area is 106 Å². The molecular weight excluding hydrogens is 229 g/mol. The standard InChI is InChI=1S/C14H18FN3/c1-16-8-2-3-14-17-12-7-4-10(15)9-13(12)18(14)11-5-6-11/h4,7,9,11,16H,2-3,5-6,8H2,1H3. The molecule has 3 rings (SSSR count). The molecule has 0 radical (unpaired) electrons. The van der Waals surface area contributed by atoms with Gasteiger partial charge in [0.1, 0.15) is 11.6 Å². The highest BCUT2D eigenvalue weighted by molar-refractivity contribution is 5.76. The SMILES string of the molecule is CNCCCc1nc2ccc(F)cc2n1C1CC1. The molecule has 0 unspecified atom stereocenters.